The number of rotatable bonds is 4. The van der Waals surface area contributed by atoms with E-state index in [0.717, 1.165) is 23.1 Å². The van der Waals surface area contributed by atoms with Crippen LogP contribution in [-0.2, 0) is 11.2 Å². The minimum atomic E-state index is -1.07. The second kappa shape index (κ2) is 4.09. The molecule has 0 amide bonds. The lowest BCUT2D eigenvalue weighted by atomic mass is 10.1. The van der Waals surface area contributed by atoms with Crippen molar-refractivity contribution in [2.45, 2.75) is 26.7 Å². The van der Waals surface area contributed by atoms with Crippen LogP contribution in [0.5, 0.6) is 0 Å². The first kappa shape index (κ1) is 10.5. The summed E-state index contributed by atoms with van der Waals surface area (Å²) in [6.07, 6.45) is 1.13. The average molecular weight is 194 g/mol. The number of carboxylic acid groups (broad SMARTS) is 1. The molecule has 0 bridgehead atoms. The van der Waals surface area contributed by atoms with E-state index in [-0.39, 0.29) is 6.42 Å². The van der Waals surface area contributed by atoms with Gasteiger partial charge < -0.3 is 14.9 Å². The zero-order valence-corrected chi connectivity index (χ0v) is 8.22. The Labute approximate surface area is 81.9 Å². The molecule has 1 N–H and O–H groups in total. The van der Waals surface area contributed by atoms with Crippen LogP contribution < -0.4 is 5.11 Å². The van der Waals surface area contributed by atoms with Crippen molar-refractivity contribution in [3.05, 3.63) is 22.5 Å². The number of carboxylic acids is 1. The summed E-state index contributed by atoms with van der Waals surface area (Å²) in [4.78, 5) is 23.8. The largest absolute Gasteiger partial charge is 0.550 e. The predicted molar refractivity (Wildman–Crippen MR) is 49.0 cm³/mol. The fraction of sp³-hybridized carbons (Fsp3) is 0.400. The number of hydrogen-bond donors (Lipinski definition) is 1. The number of H-pyrrole nitrogens is 1. The maximum Gasteiger partial charge on any atom is 0.166 e. The zero-order valence-electron chi connectivity index (χ0n) is 8.22. The summed E-state index contributed by atoms with van der Waals surface area (Å²) in [6, 6.07) is 0. The Balaban J connectivity index is 2.90. The number of carbonyl (C=O) groups excluding carboxylic acids is 2. The number of carbonyl (C=O) groups is 2. The normalized spacial score (nSPS) is 10.1. The van der Waals surface area contributed by atoms with Crippen LogP contribution in [0.15, 0.2) is 0 Å². The first-order valence-electron chi connectivity index (χ1n) is 4.39. The summed E-state index contributed by atoms with van der Waals surface area (Å²) in [5.74, 6) is -1.07. The Morgan fingerprint density at radius 1 is 1.50 bits per heavy atom. The lowest BCUT2D eigenvalue weighted by Gasteiger charge is -2.03. The first-order chi connectivity index (χ1) is 6.56. The predicted octanol–water partition coefficient (Wildman–Crippen LogP) is 0.127. The van der Waals surface area contributed by atoms with Gasteiger partial charge in [0.25, 0.3) is 0 Å². The van der Waals surface area contributed by atoms with Crippen LogP contribution in [0.2, 0.25) is 0 Å². The van der Waals surface area contributed by atoms with Crippen LogP contribution in [0.4, 0.5) is 0 Å². The molecule has 1 aromatic heterocycles. The van der Waals surface area contributed by atoms with Crippen LogP contribution in [0.3, 0.4) is 0 Å². The SMILES string of the molecule is Cc1[nH]c(C=O)c(C)c1CCC(=O)[O-]. The van der Waals surface area contributed by atoms with E-state index in [1.807, 2.05) is 6.92 Å². The quantitative estimate of drug-likeness (QED) is 0.692. The molecule has 0 radical (unpaired) electrons. The molecule has 1 rings (SSSR count). The van der Waals surface area contributed by atoms with Gasteiger partial charge in [0.15, 0.2) is 6.29 Å². The van der Waals surface area contributed by atoms with Gasteiger partial charge in [0.05, 0.1) is 5.69 Å². The van der Waals surface area contributed by atoms with Gasteiger partial charge in [-0.1, -0.05) is 0 Å². The molecule has 1 aromatic rings. The number of aldehydes is 1. The Bertz CT molecular complexity index is 366. The summed E-state index contributed by atoms with van der Waals surface area (Å²) >= 11 is 0. The third-order valence-corrected chi connectivity index (χ3v) is 2.33. The van der Waals surface area contributed by atoms with Crippen molar-refractivity contribution >= 4 is 12.3 Å². The van der Waals surface area contributed by atoms with Crippen molar-refractivity contribution in [1.82, 2.24) is 4.98 Å². The van der Waals surface area contributed by atoms with Gasteiger partial charge in [-0.25, -0.2) is 0 Å². The number of hydrogen-bond acceptors (Lipinski definition) is 3. The van der Waals surface area contributed by atoms with Gasteiger partial charge >= 0.3 is 0 Å². The summed E-state index contributed by atoms with van der Waals surface area (Å²) < 4.78 is 0. The van der Waals surface area contributed by atoms with E-state index >= 15 is 0 Å². The minimum absolute atomic E-state index is 0.0160. The third-order valence-electron chi connectivity index (χ3n) is 2.33. The van der Waals surface area contributed by atoms with Gasteiger partial charge in [-0.15, -0.1) is 0 Å². The highest BCUT2D eigenvalue weighted by Crippen LogP contribution is 2.17. The number of aryl methyl sites for hydroxylation is 1. The molecule has 4 heteroatoms. The summed E-state index contributed by atoms with van der Waals surface area (Å²) in [5.41, 5.74) is 3.11. The van der Waals surface area contributed by atoms with Crippen LogP contribution in [0.25, 0.3) is 0 Å². The molecule has 4 nitrogen and oxygen atoms in total. The van der Waals surface area contributed by atoms with Crippen LogP contribution in [0.1, 0.15) is 33.7 Å². The molecule has 0 saturated heterocycles. The Morgan fingerprint density at radius 3 is 2.57 bits per heavy atom. The van der Waals surface area contributed by atoms with Crippen molar-refractivity contribution in [3.8, 4) is 0 Å². The van der Waals surface area contributed by atoms with Gasteiger partial charge in [0.1, 0.15) is 0 Å². The number of aromatic nitrogens is 1. The van der Waals surface area contributed by atoms with Crippen LogP contribution >= 0.6 is 0 Å². The topological polar surface area (TPSA) is 73.0 Å². The van der Waals surface area contributed by atoms with E-state index in [9.17, 15) is 14.7 Å². The van der Waals surface area contributed by atoms with Crippen molar-refractivity contribution < 1.29 is 14.7 Å². The van der Waals surface area contributed by atoms with E-state index in [1.165, 1.54) is 0 Å². The maximum atomic E-state index is 10.6. The highest BCUT2D eigenvalue weighted by molar-refractivity contribution is 5.76. The number of nitrogens with one attached hydrogen (secondary N) is 1. The van der Waals surface area contributed by atoms with Crippen molar-refractivity contribution in [2.24, 2.45) is 0 Å². The average Bonchev–Trinajstić information content (AvgIpc) is 2.39. The number of aliphatic carboxylic acids is 1. The standard InChI is InChI=1S/C10H13NO3/c1-6-8(3-4-10(13)14)7(2)11-9(6)5-12/h5,11H,3-4H2,1-2H3,(H,13,14)/p-1. The van der Waals surface area contributed by atoms with Crippen LogP contribution in [-0.4, -0.2) is 17.2 Å². The molecule has 0 unspecified atom stereocenters. The van der Waals surface area contributed by atoms with Crippen molar-refractivity contribution in [2.75, 3.05) is 0 Å². The van der Waals surface area contributed by atoms with Gasteiger partial charge in [-0.05, 0) is 37.8 Å². The molecule has 0 aliphatic heterocycles. The molecule has 0 fully saturated rings. The zero-order chi connectivity index (χ0) is 10.7. The van der Waals surface area contributed by atoms with Gasteiger partial charge in [0.2, 0.25) is 0 Å². The van der Waals surface area contributed by atoms with Crippen molar-refractivity contribution in [3.63, 3.8) is 0 Å². The van der Waals surface area contributed by atoms with Crippen molar-refractivity contribution in [1.29, 1.82) is 0 Å². The van der Waals surface area contributed by atoms with E-state index in [4.69, 9.17) is 0 Å². The molecule has 76 valence electrons. The Morgan fingerprint density at radius 2 is 2.14 bits per heavy atom. The first-order valence-corrected chi connectivity index (χ1v) is 4.39. The van der Waals surface area contributed by atoms with Crippen LogP contribution in [0, 0.1) is 13.8 Å². The highest BCUT2D eigenvalue weighted by Gasteiger charge is 2.09. The van der Waals surface area contributed by atoms with Gasteiger partial charge in [0, 0.05) is 11.7 Å². The molecule has 0 aliphatic rings. The fourth-order valence-electron chi connectivity index (χ4n) is 1.53. The highest BCUT2D eigenvalue weighted by atomic mass is 16.4. The molecule has 14 heavy (non-hydrogen) atoms. The summed E-state index contributed by atoms with van der Waals surface area (Å²) in [5, 5.41) is 10.3. The summed E-state index contributed by atoms with van der Waals surface area (Å²) in [7, 11) is 0. The van der Waals surface area contributed by atoms with E-state index in [1.54, 1.807) is 6.92 Å². The van der Waals surface area contributed by atoms with E-state index in [0.29, 0.717) is 12.1 Å². The fourth-order valence-corrected chi connectivity index (χ4v) is 1.53. The van der Waals surface area contributed by atoms with Gasteiger partial charge in [-0.2, -0.15) is 0 Å². The third kappa shape index (κ3) is 2.02. The second-order valence-electron chi connectivity index (χ2n) is 3.26. The van der Waals surface area contributed by atoms with E-state index in [2.05, 4.69) is 4.98 Å². The number of aromatic amines is 1. The molecular weight excluding hydrogens is 182 g/mol. The Kier molecular flexibility index (Phi) is 3.06. The smallest absolute Gasteiger partial charge is 0.166 e. The van der Waals surface area contributed by atoms with E-state index < -0.39 is 5.97 Å². The second-order valence-corrected chi connectivity index (χ2v) is 3.26. The maximum absolute atomic E-state index is 10.6. The molecule has 0 saturated carbocycles. The van der Waals surface area contributed by atoms with Gasteiger partial charge in [-0.3, -0.25) is 4.79 Å². The molecule has 0 aliphatic carbocycles. The monoisotopic (exact) mass is 194 g/mol. The summed E-state index contributed by atoms with van der Waals surface area (Å²) in [6.45, 7) is 3.63. The molecule has 0 spiro atoms. The lowest BCUT2D eigenvalue weighted by Crippen LogP contribution is -2.22. The molecule has 0 atom stereocenters. The molecule has 1 heterocycles. The minimum Gasteiger partial charge on any atom is -0.550 e. The lowest BCUT2D eigenvalue weighted by molar-refractivity contribution is -0.305. The molecular formula is C10H12NO3-. The molecule has 0 aromatic carbocycles. The Hall–Kier alpha value is -1.58.